The van der Waals surface area contributed by atoms with Gasteiger partial charge in [0, 0.05) is 23.6 Å². The molecule has 0 bridgehead atoms. The molecule has 1 atom stereocenters. The molecule has 3 aromatic rings. The summed E-state index contributed by atoms with van der Waals surface area (Å²) >= 11 is 0. The number of fused-ring (bicyclic) bond motifs is 1. The lowest BCUT2D eigenvalue weighted by atomic mass is 9.85. The van der Waals surface area contributed by atoms with Crippen LogP contribution >= 0.6 is 0 Å². The van der Waals surface area contributed by atoms with Gasteiger partial charge in [-0.1, -0.05) is 26.8 Å². The van der Waals surface area contributed by atoms with Crippen LogP contribution in [0, 0.1) is 18.7 Å². The van der Waals surface area contributed by atoms with Gasteiger partial charge in [0.2, 0.25) is 0 Å². The highest BCUT2D eigenvalue weighted by molar-refractivity contribution is 5.97. The lowest BCUT2D eigenvalue weighted by molar-refractivity contribution is -0.141. The van der Waals surface area contributed by atoms with Crippen LogP contribution in [0.5, 0.6) is 5.75 Å². The van der Waals surface area contributed by atoms with E-state index in [9.17, 15) is 19.4 Å². The Balaban J connectivity index is 2.39. The van der Waals surface area contributed by atoms with E-state index in [1.165, 1.54) is 6.07 Å². The van der Waals surface area contributed by atoms with Crippen molar-refractivity contribution < 1.29 is 19.4 Å². The molecule has 146 valence electrons. The number of phenols is 1. The van der Waals surface area contributed by atoms with E-state index in [-0.39, 0.29) is 23.9 Å². The maximum absolute atomic E-state index is 13.9. The van der Waals surface area contributed by atoms with Crippen molar-refractivity contribution in [3.05, 3.63) is 59.0 Å². The first-order valence-corrected chi connectivity index (χ1v) is 9.33. The van der Waals surface area contributed by atoms with Crippen LogP contribution < -0.4 is 0 Å². The summed E-state index contributed by atoms with van der Waals surface area (Å²) in [6.45, 7) is 7.45. The smallest absolute Gasteiger partial charge is 0.306 e. The van der Waals surface area contributed by atoms with Crippen LogP contribution in [0.3, 0.4) is 0 Å². The first-order valence-electron chi connectivity index (χ1n) is 9.33. The van der Waals surface area contributed by atoms with Gasteiger partial charge in [-0.05, 0) is 59.4 Å². The van der Waals surface area contributed by atoms with Crippen LogP contribution in [0.1, 0.15) is 43.5 Å². The van der Waals surface area contributed by atoms with Crippen LogP contribution in [0.25, 0.3) is 22.0 Å². The van der Waals surface area contributed by atoms with Gasteiger partial charge in [0.1, 0.15) is 11.6 Å². The fourth-order valence-corrected chi connectivity index (χ4v) is 3.58. The normalized spacial score (nSPS) is 12.5. The molecule has 5 heteroatoms. The number of halogens is 1. The maximum atomic E-state index is 13.9. The Morgan fingerprint density at radius 3 is 2.46 bits per heavy atom. The van der Waals surface area contributed by atoms with Crippen molar-refractivity contribution in [1.82, 2.24) is 4.98 Å². The lowest BCUT2D eigenvalue weighted by Gasteiger charge is -2.21. The number of carbonyl (C=O) groups is 1. The number of carboxylic acids is 1. The van der Waals surface area contributed by atoms with E-state index in [1.807, 2.05) is 19.9 Å². The zero-order valence-electron chi connectivity index (χ0n) is 16.5. The minimum atomic E-state index is -0.883. The Bertz CT molecular complexity index is 1060. The average molecular weight is 381 g/mol. The summed E-state index contributed by atoms with van der Waals surface area (Å²) in [5, 5.41) is 20.1. The van der Waals surface area contributed by atoms with Crippen LogP contribution in [0.2, 0.25) is 0 Å². The average Bonchev–Trinajstić information content (AvgIpc) is 2.62. The molecule has 0 saturated carbocycles. The summed E-state index contributed by atoms with van der Waals surface area (Å²) < 4.78 is 13.9. The molecule has 0 aliphatic heterocycles. The molecule has 0 saturated heterocycles. The molecule has 3 rings (SSSR count). The number of rotatable bonds is 5. The summed E-state index contributed by atoms with van der Waals surface area (Å²) in [6, 6.07) is 9.97. The Kier molecular flexibility index (Phi) is 5.36. The fraction of sp³-hybridized carbons (Fsp3) is 0.304. The molecule has 0 fully saturated rings. The van der Waals surface area contributed by atoms with E-state index in [2.05, 4.69) is 0 Å². The third-order valence-corrected chi connectivity index (χ3v) is 5.03. The Morgan fingerprint density at radius 2 is 1.86 bits per heavy atom. The topological polar surface area (TPSA) is 70.4 Å². The van der Waals surface area contributed by atoms with Crippen LogP contribution in [0.4, 0.5) is 4.39 Å². The van der Waals surface area contributed by atoms with Gasteiger partial charge in [0.25, 0.3) is 0 Å². The van der Waals surface area contributed by atoms with Crippen LogP contribution in [-0.2, 0) is 11.2 Å². The molecule has 28 heavy (non-hydrogen) atoms. The van der Waals surface area contributed by atoms with Gasteiger partial charge in [-0.3, -0.25) is 9.78 Å². The minimum Gasteiger partial charge on any atom is -0.508 e. The highest BCUT2D eigenvalue weighted by Crippen LogP contribution is 2.39. The number of aromatic hydroxyl groups is 1. The van der Waals surface area contributed by atoms with Gasteiger partial charge in [0.15, 0.2) is 0 Å². The summed E-state index contributed by atoms with van der Waals surface area (Å²) in [6.07, 6.45) is 0.279. The Hall–Kier alpha value is -2.95. The molecule has 0 amide bonds. The summed E-state index contributed by atoms with van der Waals surface area (Å²) in [5.74, 6) is -1.57. The lowest BCUT2D eigenvalue weighted by Crippen LogP contribution is -2.15. The van der Waals surface area contributed by atoms with E-state index >= 15 is 0 Å². The molecule has 4 nitrogen and oxygen atoms in total. The highest BCUT2D eigenvalue weighted by Gasteiger charge is 2.23. The number of aliphatic carboxylic acids is 1. The number of phenolic OH excluding ortho intramolecular Hbond substituents is 1. The van der Waals surface area contributed by atoms with Gasteiger partial charge >= 0.3 is 5.97 Å². The number of pyridine rings is 1. The molecule has 2 N–H and O–H groups in total. The Morgan fingerprint density at radius 1 is 1.14 bits per heavy atom. The highest BCUT2D eigenvalue weighted by atomic mass is 19.1. The molecule has 0 radical (unpaired) electrons. The molecular formula is C23H24FNO3. The minimum absolute atomic E-state index is 0.0852. The SMILES string of the molecule is Cc1cc(-c2c(C(C)C)c(C[C@H](C)C(=O)O)nc3cc(O)ccc23)ccc1F. The van der Waals surface area contributed by atoms with Crippen molar-refractivity contribution in [1.29, 1.82) is 0 Å². The fourth-order valence-electron chi connectivity index (χ4n) is 3.58. The molecule has 1 aromatic heterocycles. The van der Waals surface area contributed by atoms with Crippen LogP contribution in [-0.4, -0.2) is 21.2 Å². The van der Waals surface area contributed by atoms with E-state index in [4.69, 9.17) is 4.98 Å². The standard InChI is InChI=1S/C23H24FNO3/c1-12(2)21-20(10-14(4)23(27)28)25-19-11-16(26)6-7-17(19)22(21)15-5-8-18(24)13(3)9-15/h5-9,11-12,14,26H,10H2,1-4H3,(H,27,28)/t14-/m0/s1. The van der Waals surface area contributed by atoms with Crippen molar-refractivity contribution >= 4 is 16.9 Å². The van der Waals surface area contributed by atoms with Gasteiger partial charge in [-0.15, -0.1) is 0 Å². The third-order valence-electron chi connectivity index (χ3n) is 5.03. The second-order valence-electron chi connectivity index (χ2n) is 7.61. The second-order valence-corrected chi connectivity index (χ2v) is 7.61. The van der Waals surface area contributed by atoms with E-state index in [0.717, 1.165) is 22.1 Å². The molecule has 1 heterocycles. The number of aromatic nitrogens is 1. The maximum Gasteiger partial charge on any atom is 0.306 e. The summed E-state index contributed by atoms with van der Waals surface area (Å²) in [4.78, 5) is 16.1. The zero-order chi connectivity index (χ0) is 20.6. The number of benzene rings is 2. The van der Waals surface area contributed by atoms with Gasteiger partial charge < -0.3 is 10.2 Å². The van der Waals surface area contributed by atoms with Crippen molar-refractivity contribution in [2.45, 2.75) is 40.0 Å². The van der Waals surface area contributed by atoms with E-state index in [0.29, 0.717) is 16.8 Å². The number of hydrogen-bond donors (Lipinski definition) is 2. The van der Waals surface area contributed by atoms with Crippen molar-refractivity contribution in [3.63, 3.8) is 0 Å². The van der Waals surface area contributed by atoms with E-state index < -0.39 is 11.9 Å². The molecule has 0 spiro atoms. The Labute approximate surface area is 163 Å². The first-order chi connectivity index (χ1) is 13.2. The summed E-state index contributed by atoms with van der Waals surface area (Å²) in [7, 11) is 0. The van der Waals surface area contributed by atoms with E-state index in [1.54, 1.807) is 38.1 Å². The first kappa shape index (κ1) is 19.8. The summed E-state index contributed by atoms with van der Waals surface area (Å²) in [5.41, 5.74) is 4.54. The molecule has 0 aliphatic rings. The predicted molar refractivity (Wildman–Crippen MR) is 108 cm³/mol. The van der Waals surface area contributed by atoms with Crippen LogP contribution in [0.15, 0.2) is 36.4 Å². The van der Waals surface area contributed by atoms with Gasteiger partial charge in [-0.2, -0.15) is 0 Å². The third kappa shape index (κ3) is 3.70. The van der Waals surface area contributed by atoms with Gasteiger partial charge in [0.05, 0.1) is 11.4 Å². The monoisotopic (exact) mass is 381 g/mol. The number of nitrogens with zero attached hydrogens (tertiary/aromatic N) is 1. The number of hydrogen-bond acceptors (Lipinski definition) is 3. The second kappa shape index (κ2) is 7.58. The zero-order valence-corrected chi connectivity index (χ0v) is 16.5. The van der Waals surface area contributed by atoms with Gasteiger partial charge in [-0.25, -0.2) is 4.39 Å². The molecular weight excluding hydrogens is 357 g/mol. The number of aryl methyl sites for hydroxylation is 1. The predicted octanol–water partition coefficient (Wildman–Crippen LogP) is 5.44. The quantitative estimate of drug-likeness (QED) is 0.617. The van der Waals surface area contributed by atoms with Crippen molar-refractivity contribution in [2.75, 3.05) is 0 Å². The molecule has 0 unspecified atom stereocenters. The number of carboxylic acid groups (broad SMARTS) is 1. The largest absolute Gasteiger partial charge is 0.508 e. The molecule has 0 aliphatic carbocycles. The van der Waals surface area contributed by atoms with Crippen molar-refractivity contribution in [3.8, 4) is 16.9 Å². The molecule has 2 aromatic carbocycles. The van der Waals surface area contributed by atoms with Crippen molar-refractivity contribution in [2.24, 2.45) is 5.92 Å².